The summed E-state index contributed by atoms with van der Waals surface area (Å²) in [6.45, 7) is 6.24. The lowest BCUT2D eigenvalue weighted by atomic mass is 10.2. The number of aromatic amines is 1. The molecule has 0 unspecified atom stereocenters. The lowest BCUT2D eigenvalue weighted by molar-refractivity contribution is -0.136. The molecule has 28 heavy (non-hydrogen) atoms. The molecule has 0 atom stereocenters. The second kappa shape index (κ2) is 11.8. The largest absolute Gasteiger partial charge is 0.483 e. The minimum atomic E-state index is -0.250. The van der Waals surface area contributed by atoms with Gasteiger partial charge in [-0.2, -0.15) is 5.10 Å². The van der Waals surface area contributed by atoms with Crippen LogP contribution in [0.2, 0.25) is 0 Å². The Labute approximate surface area is 164 Å². The van der Waals surface area contributed by atoms with Crippen LogP contribution in [0, 0.1) is 6.92 Å². The summed E-state index contributed by atoms with van der Waals surface area (Å²) in [4.78, 5) is 29.3. The van der Waals surface area contributed by atoms with Crippen molar-refractivity contribution in [1.82, 2.24) is 25.0 Å². The predicted molar refractivity (Wildman–Crippen MR) is 102 cm³/mol. The Balaban J connectivity index is 0.000000878. The smallest absolute Gasteiger partial charge is 0.290 e. The van der Waals surface area contributed by atoms with E-state index in [2.05, 4.69) is 20.1 Å². The fraction of sp³-hybridized carbons (Fsp3) is 0.474. The van der Waals surface area contributed by atoms with Crippen LogP contribution in [0.1, 0.15) is 23.6 Å². The van der Waals surface area contributed by atoms with Crippen molar-refractivity contribution in [2.75, 3.05) is 32.8 Å². The number of aryl methyl sites for hydroxylation is 1. The van der Waals surface area contributed by atoms with Gasteiger partial charge in [-0.25, -0.2) is 4.98 Å². The van der Waals surface area contributed by atoms with Gasteiger partial charge in [0.15, 0.2) is 5.82 Å². The number of aromatic nitrogens is 3. The van der Waals surface area contributed by atoms with E-state index in [-0.39, 0.29) is 19.0 Å². The molecule has 0 bridgehead atoms. The van der Waals surface area contributed by atoms with Crippen molar-refractivity contribution in [1.29, 1.82) is 0 Å². The van der Waals surface area contributed by atoms with E-state index in [4.69, 9.17) is 14.6 Å². The Morgan fingerprint density at radius 1 is 1.25 bits per heavy atom. The lowest BCUT2D eigenvalue weighted by Gasteiger charge is -2.21. The van der Waals surface area contributed by atoms with Crippen molar-refractivity contribution >= 4 is 12.4 Å². The molecule has 9 nitrogen and oxygen atoms in total. The van der Waals surface area contributed by atoms with Gasteiger partial charge in [-0.05, 0) is 18.9 Å². The third kappa shape index (κ3) is 7.45. The quantitative estimate of drug-likeness (QED) is 0.711. The number of nitrogens with zero attached hydrogens (tertiary/aromatic N) is 4. The number of carbonyl (C=O) groups is 2. The van der Waals surface area contributed by atoms with Gasteiger partial charge in [0.1, 0.15) is 12.4 Å². The summed E-state index contributed by atoms with van der Waals surface area (Å²) in [7, 11) is 0. The molecule has 0 aliphatic carbocycles. The number of nitrogens with one attached hydrogen (secondary N) is 1. The summed E-state index contributed by atoms with van der Waals surface area (Å²) in [6, 6.07) is 9.91. The molecule has 1 fully saturated rings. The minimum absolute atomic E-state index is 0.0616. The molecular weight excluding hydrogens is 362 g/mol. The number of hydrogen-bond donors (Lipinski definition) is 2. The van der Waals surface area contributed by atoms with Crippen LogP contribution in [0.3, 0.4) is 0 Å². The molecule has 1 aliphatic heterocycles. The van der Waals surface area contributed by atoms with Gasteiger partial charge in [0.2, 0.25) is 5.91 Å². The fourth-order valence-electron chi connectivity index (χ4n) is 2.96. The summed E-state index contributed by atoms with van der Waals surface area (Å²) in [6.07, 6.45) is 0.952. The maximum Gasteiger partial charge on any atom is 0.290 e. The molecule has 1 aromatic heterocycles. The molecule has 2 heterocycles. The highest BCUT2D eigenvalue weighted by molar-refractivity contribution is 5.77. The summed E-state index contributed by atoms with van der Waals surface area (Å²) >= 11 is 0. The molecule has 2 N–H and O–H groups in total. The molecule has 0 spiro atoms. The van der Waals surface area contributed by atoms with Crippen molar-refractivity contribution in [3.05, 3.63) is 47.5 Å². The molecule has 1 amide bonds. The Kier molecular flexibility index (Phi) is 9.09. The van der Waals surface area contributed by atoms with E-state index in [1.165, 1.54) is 0 Å². The summed E-state index contributed by atoms with van der Waals surface area (Å²) < 4.78 is 5.57. The minimum Gasteiger partial charge on any atom is -0.483 e. The molecule has 152 valence electrons. The van der Waals surface area contributed by atoms with Crippen LogP contribution < -0.4 is 0 Å². The second-order valence-electron chi connectivity index (χ2n) is 6.43. The number of ether oxygens (including phenoxy) is 1. The standard InChI is InChI=1S/C18H25N5O2.CH2O2/c1-15-19-17(21-20-15)12-22-8-5-9-23(11-10-22)18(24)14-25-13-16-6-3-2-4-7-16;2-1-3/h2-4,6-7H,5,8-14H2,1H3,(H,19,20,21);1H,(H,2,3). The van der Waals surface area contributed by atoms with Crippen LogP contribution in [0.15, 0.2) is 30.3 Å². The first kappa shape index (κ1) is 21.5. The predicted octanol–water partition coefficient (Wildman–Crippen LogP) is 1.07. The van der Waals surface area contributed by atoms with Crippen LogP contribution in [0.4, 0.5) is 0 Å². The maximum absolute atomic E-state index is 12.4. The van der Waals surface area contributed by atoms with Gasteiger partial charge in [-0.15, -0.1) is 0 Å². The summed E-state index contributed by atoms with van der Waals surface area (Å²) in [5.74, 6) is 1.70. The molecule has 9 heteroatoms. The van der Waals surface area contributed by atoms with Crippen molar-refractivity contribution in [2.45, 2.75) is 26.5 Å². The number of amides is 1. The van der Waals surface area contributed by atoms with E-state index in [0.29, 0.717) is 6.61 Å². The van der Waals surface area contributed by atoms with Crippen LogP contribution >= 0.6 is 0 Å². The van der Waals surface area contributed by atoms with Crippen molar-refractivity contribution in [3.63, 3.8) is 0 Å². The van der Waals surface area contributed by atoms with Gasteiger partial charge >= 0.3 is 0 Å². The van der Waals surface area contributed by atoms with E-state index in [0.717, 1.165) is 56.4 Å². The number of carbonyl (C=O) groups excluding carboxylic acids is 1. The normalized spacial score (nSPS) is 14.7. The van der Waals surface area contributed by atoms with Crippen LogP contribution in [0.5, 0.6) is 0 Å². The first-order chi connectivity index (χ1) is 13.6. The molecular formula is C19H27N5O4. The SMILES string of the molecule is Cc1nc(CN2CCCN(C(=O)COCc3ccccc3)CC2)n[nH]1.O=CO. The fourth-order valence-corrected chi connectivity index (χ4v) is 2.96. The van der Waals surface area contributed by atoms with Gasteiger partial charge in [0.05, 0.1) is 13.2 Å². The summed E-state index contributed by atoms with van der Waals surface area (Å²) in [5.41, 5.74) is 1.08. The molecule has 1 saturated heterocycles. The Bertz CT molecular complexity index is 722. The highest BCUT2D eigenvalue weighted by Crippen LogP contribution is 2.08. The monoisotopic (exact) mass is 389 g/mol. The van der Waals surface area contributed by atoms with E-state index in [1.807, 2.05) is 42.2 Å². The number of hydrogen-bond acceptors (Lipinski definition) is 6. The van der Waals surface area contributed by atoms with Crippen molar-refractivity contribution in [2.24, 2.45) is 0 Å². The zero-order chi connectivity index (χ0) is 20.2. The zero-order valence-corrected chi connectivity index (χ0v) is 16.1. The zero-order valence-electron chi connectivity index (χ0n) is 16.1. The average Bonchev–Trinajstić information content (AvgIpc) is 2.95. The van der Waals surface area contributed by atoms with Crippen LogP contribution in [-0.4, -0.2) is 75.3 Å². The van der Waals surface area contributed by atoms with E-state index in [9.17, 15) is 4.79 Å². The van der Waals surface area contributed by atoms with Gasteiger partial charge < -0.3 is 14.7 Å². The third-order valence-corrected chi connectivity index (χ3v) is 4.29. The molecule has 1 aliphatic rings. The summed E-state index contributed by atoms with van der Waals surface area (Å²) in [5, 5.41) is 13.9. The first-order valence-electron chi connectivity index (χ1n) is 9.20. The topological polar surface area (TPSA) is 112 Å². The number of H-pyrrole nitrogens is 1. The highest BCUT2D eigenvalue weighted by Gasteiger charge is 2.20. The number of carboxylic acid groups (broad SMARTS) is 1. The van der Waals surface area contributed by atoms with Crippen LogP contribution in [-0.2, 0) is 27.5 Å². The van der Waals surface area contributed by atoms with Gasteiger partial charge in [0, 0.05) is 26.2 Å². The van der Waals surface area contributed by atoms with Crippen LogP contribution in [0.25, 0.3) is 0 Å². The molecule has 1 aromatic carbocycles. The van der Waals surface area contributed by atoms with E-state index in [1.54, 1.807) is 0 Å². The first-order valence-corrected chi connectivity index (χ1v) is 9.20. The molecule has 3 rings (SSSR count). The molecule has 0 saturated carbocycles. The number of benzene rings is 1. The van der Waals surface area contributed by atoms with Crippen molar-refractivity contribution in [3.8, 4) is 0 Å². The third-order valence-electron chi connectivity index (χ3n) is 4.29. The van der Waals surface area contributed by atoms with Gasteiger partial charge in [-0.1, -0.05) is 30.3 Å². The Morgan fingerprint density at radius 2 is 2.00 bits per heavy atom. The lowest BCUT2D eigenvalue weighted by Crippen LogP contribution is -2.37. The maximum atomic E-state index is 12.4. The Morgan fingerprint density at radius 3 is 2.68 bits per heavy atom. The molecule has 2 aromatic rings. The van der Waals surface area contributed by atoms with Gasteiger partial charge in [-0.3, -0.25) is 19.6 Å². The van der Waals surface area contributed by atoms with Crippen molar-refractivity contribution < 1.29 is 19.4 Å². The second-order valence-corrected chi connectivity index (χ2v) is 6.43. The highest BCUT2D eigenvalue weighted by atomic mass is 16.5. The van der Waals surface area contributed by atoms with E-state index < -0.39 is 0 Å². The van der Waals surface area contributed by atoms with Gasteiger partial charge in [0.25, 0.3) is 6.47 Å². The van der Waals surface area contributed by atoms with E-state index >= 15 is 0 Å². The molecule has 0 radical (unpaired) electrons. The average molecular weight is 389 g/mol. The number of rotatable bonds is 6. The Hall–Kier alpha value is -2.78.